The first-order valence-corrected chi connectivity index (χ1v) is 22.2. The van der Waals surface area contributed by atoms with Crippen molar-refractivity contribution in [2.45, 2.75) is 25.7 Å². The second kappa shape index (κ2) is 16.3. The van der Waals surface area contributed by atoms with Gasteiger partial charge >= 0.3 is 0 Å². The molecule has 0 atom stereocenters. The van der Waals surface area contributed by atoms with E-state index in [0.29, 0.717) is 0 Å². The Kier molecular flexibility index (Phi) is 9.91. The van der Waals surface area contributed by atoms with Gasteiger partial charge in [-0.25, -0.2) is 4.98 Å². The summed E-state index contributed by atoms with van der Waals surface area (Å²) in [6.07, 6.45) is 0.909. The van der Waals surface area contributed by atoms with Crippen LogP contribution in [0.25, 0.3) is 100 Å². The Morgan fingerprint density at radius 1 is 0.375 bits per heavy atom. The van der Waals surface area contributed by atoms with E-state index in [1.54, 1.807) is 0 Å². The van der Waals surface area contributed by atoms with Gasteiger partial charge in [0.1, 0.15) is 0 Å². The standard InChI is InChI=1S/C63H45N/c1-63(2)42-51-23-12-13-24-53(51)55-38-37-50(47-35-33-46(34-36-47)45-31-29-44(30-32-45)43-17-6-3-7-18-43)39-58(55)62-54(26-16-27-57(62)56-25-14-15-28-59(56)63)52-40-60(48-19-8-4-9-20-48)64-61(41-52)49-21-10-5-11-22-49/h3-6,8-17,19-41H,42H2,1-2H3. The second-order valence-corrected chi connectivity index (χ2v) is 17.5. The molecule has 0 radical (unpaired) electrons. The zero-order valence-corrected chi connectivity index (χ0v) is 36.0. The second-order valence-electron chi connectivity index (χ2n) is 17.5. The fraction of sp³-hybridized carbons (Fsp3) is 0.0635. The molecule has 0 spiro atoms. The quantitative estimate of drug-likeness (QED) is 0.163. The minimum atomic E-state index is -0.143. The molecule has 11 rings (SSSR count). The van der Waals surface area contributed by atoms with E-state index < -0.39 is 0 Å². The summed E-state index contributed by atoms with van der Waals surface area (Å²) in [5.41, 5.74) is 23.2. The lowest BCUT2D eigenvalue weighted by atomic mass is 9.72. The number of nitrogens with zero attached hydrogens (tertiary/aromatic N) is 1. The van der Waals surface area contributed by atoms with Gasteiger partial charge in [0.25, 0.3) is 0 Å². The summed E-state index contributed by atoms with van der Waals surface area (Å²) in [5, 5.41) is 0. The van der Waals surface area contributed by atoms with Crippen molar-refractivity contribution >= 4 is 0 Å². The van der Waals surface area contributed by atoms with Crippen LogP contribution >= 0.6 is 0 Å². The number of hydrogen-bond acceptors (Lipinski definition) is 1. The summed E-state index contributed by atoms with van der Waals surface area (Å²) in [6.45, 7) is 4.80. The Bertz CT molecular complexity index is 3210. The number of fused-ring (bicyclic) bond motifs is 7. The minimum absolute atomic E-state index is 0.143. The molecule has 0 bridgehead atoms. The van der Waals surface area contributed by atoms with Crippen LogP contribution in [-0.2, 0) is 11.8 Å². The maximum absolute atomic E-state index is 5.30. The number of hydrogen-bond donors (Lipinski definition) is 0. The third-order valence-electron chi connectivity index (χ3n) is 12.9. The molecule has 64 heavy (non-hydrogen) atoms. The first-order valence-electron chi connectivity index (χ1n) is 22.2. The van der Waals surface area contributed by atoms with Crippen LogP contribution < -0.4 is 0 Å². The number of benzene rings is 8. The molecule has 0 fully saturated rings. The third-order valence-corrected chi connectivity index (χ3v) is 12.9. The molecule has 0 amide bonds. The van der Waals surface area contributed by atoms with Crippen molar-refractivity contribution in [2.24, 2.45) is 0 Å². The Labute approximate surface area is 377 Å². The first kappa shape index (κ1) is 38.8. The molecule has 0 saturated heterocycles. The Hall–Kier alpha value is -8.05. The molecular formula is C63H45N. The van der Waals surface area contributed by atoms with Crippen LogP contribution in [-0.4, -0.2) is 4.98 Å². The molecule has 1 aliphatic carbocycles. The molecule has 0 unspecified atom stereocenters. The molecular weight excluding hydrogens is 771 g/mol. The van der Waals surface area contributed by atoms with Crippen molar-refractivity contribution in [1.29, 1.82) is 0 Å². The Morgan fingerprint density at radius 3 is 1.58 bits per heavy atom. The van der Waals surface area contributed by atoms with E-state index in [-0.39, 0.29) is 5.41 Å². The molecule has 9 aromatic carbocycles. The topological polar surface area (TPSA) is 12.9 Å². The molecule has 302 valence electrons. The largest absolute Gasteiger partial charge is 0.248 e. The van der Waals surface area contributed by atoms with Gasteiger partial charge in [-0.3, -0.25) is 0 Å². The van der Waals surface area contributed by atoms with Crippen molar-refractivity contribution in [3.63, 3.8) is 0 Å². The van der Waals surface area contributed by atoms with Gasteiger partial charge in [0.2, 0.25) is 0 Å². The zero-order valence-electron chi connectivity index (χ0n) is 36.0. The average molecular weight is 816 g/mol. The van der Waals surface area contributed by atoms with Gasteiger partial charge < -0.3 is 0 Å². The number of aromatic nitrogens is 1. The highest BCUT2D eigenvalue weighted by atomic mass is 14.7. The van der Waals surface area contributed by atoms with Gasteiger partial charge in [-0.1, -0.05) is 220 Å². The lowest BCUT2D eigenvalue weighted by Gasteiger charge is -2.32. The highest BCUT2D eigenvalue weighted by Crippen LogP contribution is 2.50. The van der Waals surface area contributed by atoms with E-state index in [1.165, 1.54) is 72.3 Å². The maximum Gasteiger partial charge on any atom is 0.0715 e. The van der Waals surface area contributed by atoms with Crippen LogP contribution in [0.3, 0.4) is 0 Å². The van der Waals surface area contributed by atoms with Crippen LogP contribution in [0.4, 0.5) is 0 Å². The first-order chi connectivity index (χ1) is 31.5. The Morgan fingerprint density at radius 2 is 0.922 bits per heavy atom. The smallest absolute Gasteiger partial charge is 0.0715 e. The summed E-state index contributed by atoms with van der Waals surface area (Å²) in [6, 6.07) is 87.9. The lowest BCUT2D eigenvalue weighted by molar-refractivity contribution is 0.524. The highest BCUT2D eigenvalue weighted by Gasteiger charge is 2.30. The monoisotopic (exact) mass is 815 g/mol. The molecule has 0 N–H and O–H groups in total. The molecule has 0 aliphatic heterocycles. The van der Waals surface area contributed by atoms with Crippen molar-refractivity contribution in [2.75, 3.05) is 0 Å². The summed E-state index contributed by atoms with van der Waals surface area (Å²) in [7, 11) is 0. The Balaban J connectivity index is 1.14. The van der Waals surface area contributed by atoms with Gasteiger partial charge in [0.15, 0.2) is 0 Å². The fourth-order valence-corrected chi connectivity index (χ4v) is 9.71. The van der Waals surface area contributed by atoms with Crippen LogP contribution in [0.2, 0.25) is 0 Å². The highest BCUT2D eigenvalue weighted by molar-refractivity contribution is 6.02. The minimum Gasteiger partial charge on any atom is -0.248 e. The molecule has 1 heterocycles. The molecule has 0 saturated carbocycles. The molecule has 10 aromatic rings. The number of rotatable bonds is 6. The van der Waals surface area contributed by atoms with Crippen molar-refractivity contribution in [3.05, 3.63) is 248 Å². The van der Waals surface area contributed by atoms with Crippen molar-refractivity contribution in [1.82, 2.24) is 4.98 Å². The SMILES string of the molecule is CC1(C)Cc2ccccc2-c2ccc(-c3ccc(-c4ccc(-c5c#cccc5)cc4)cc3)cc2-c2c(-c3cc(-c4ccccc4)nc(-c4ccccc4)c3)cccc2-c2ccccc21. The fourth-order valence-electron chi connectivity index (χ4n) is 9.71. The van der Waals surface area contributed by atoms with Gasteiger partial charge in [-0.05, 0) is 126 Å². The van der Waals surface area contributed by atoms with Gasteiger partial charge in [-0.2, -0.15) is 0 Å². The zero-order chi connectivity index (χ0) is 43.0. The van der Waals surface area contributed by atoms with Gasteiger partial charge in [0, 0.05) is 16.7 Å². The van der Waals surface area contributed by atoms with Crippen LogP contribution in [0.5, 0.6) is 0 Å². The summed E-state index contributed by atoms with van der Waals surface area (Å²) < 4.78 is 0. The van der Waals surface area contributed by atoms with Crippen LogP contribution in [0, 0.1) is 12.1 Å². The van der Waals surface area contributed by atoms with E-state index in [2.05, 4.69) is 238 Å². The van der Waals surface area contributed by atoms with Gasteiger partial charge in [0.05, 0.1) is 11.4 Å². The molecule has 1 aliphatic rings. The van der Waals surface area contributed by atoms with E-state index in [4.69, 9.17) is 4.98 Å². The van der Waals surface area contributed by atoms with Crippen molar-refractivity contribution in [3.8, 4) is 100 Å². The summed E-state index contributed by atoms with van der Waals surface area (Å²) >= 11 is 0. The third kappa shape index (κ3) is 7.30. The van der Waals surface area contributed by atoms with Gasteiger partial charge in [-0.15, -0.1) is 0 Å². The van der Waals surface area contributed by atoms with E-state index >= 15 is 0 Å². The normalized spacial score (nSPS) is 12.5. The predicted molar refractivity (Wildman–Crippen MR) is 268 cm³/mol. The molecule has 1 aromatic heterocycles. The van der Waals surface area contributed by atoms with Crippen molar-refractivity contribution < 1.29 is 0 Å². The molecule has 1 nitrogen and oxygen atoms in total. The summed E-state index contributed by atoms with van der Waals surface area (Å²) in [4.78, 5) is 5.30. The van der Waals surface area contributed by atoms with E-state index in [1.807, 2.05) is 12.1 Å². The lowest BCUT2D eigenvalue weighted by Crippen LogP contribution is -2.22. The van der Waals surface area contributed by atoms with Crippen LogP contribution in [0.15, 0.2) is 224 Å². The maximum atomic E-state index is 5.30. The van der Waals surface area contributed by atoms with Crippen LogP contribution in [0.1, 0.15) is 25.0 Å². The van der Waals surface area contributed by atoms with E-state index in [0.717, 1.165) is 45.6 Å². The molecule has 1 heteroatoms. The van der Waals surface area contributed by atoms with E-state index in [9.17, 15) is 0 Å². The number of pyridine rings is 1. The summed E-state index contributed by atoms with van der Waals surface area (Å²) in [5.74, 6) is 0. The average Bonchev–Trinajstić information content (AvgIpc) is 3.36. The predicted octanol–water partition coefficient (Wildman–Crippen LogP) is 16.5.